The number of rotatable bonds is 6. The van der Waals surface area contributed by atoms with Gasteiger partial charge in [0.1, 0.15) is 0 Å². The van der Waals surface area contributed by atoms with Gasteiger partial charge in [-0.15, -0.1) is 0 Å². The van der Waals surface area contributed by atoms with Gasteiger partial charge in [-0.05, 0) is 33.6 Å². The molecule has 6 heteroatoms. The zero-order chi connectivity index (χ0) is 15.4. The summed E-state index contributed by atoms with van der Waals surface area (Å²) >= 11 is 0. The zero-order valence-electron chi connectivity index (χ0n) is 13.2. The maximum Gasteiger partial charge on any atom is 0.320 e. The van der Waals surface area contributed by atoms with E-state index in [2.05, 4.69) is 0 Å². The van der Waals surface area contributed by atoms with Crippen molar-refractivity contribution in [3.8, 4) is 0 Å². The van der Waals surface area contributed by atoms with Crippen LogP contribution >= 0.6 is 0 Å². The van der Waals surface area contributed by atoms with Crippen LogP contribution in [-0.4, -0.2) is 72.7 Å². The van der Waals surface area contributed by atoms with Crippen molar-refractivity contribution in [3.05, 3.63) is 0 Å². The van der Waals surface area contributed by atoms with Crippen LogP contribution in [0.3, 0.4) is 0 Å². The van der Waals surface area contributed by atoms with E-state index in [1.807, 2.05) is 23.6 Å². The molecule has 1 amide bonds. The number of carbonyl (C=O) groups is 2. The average Bonchev–Trinajstić information content (AvgIpc) is 3.21. The fraction of sp³-hybridized carbons (Fsp3) is 0.867. The lowest BCUT2D eigenvalue weighted by molar-refractivity contribution is -0.148. The molecule has 0 radical (unpaired) electrons. The number of carbonyl (C=O) groups excluding carboxylic acids is 2. The van der Waals surface area contributed by atoms with Crippen molar-refractivity contribution >= 4 is 11.9 Å². The van der Waals surface area contributed by atoms with Crippen LogP contribution in [0.5, 0.6) is 0 Å². The molecule has 0 N–H and O–H groups in total. The first-order valence-corrected chi connectivity index (χ1v) is 7.82. The largest absolute Gasteiger partial charge is 0.465 e. The summed E-state index contributed by atoms with van der Waals surface area (Å²) in [6.45, 7) is 7.88. The summed E-state index contributed by atoms with van der Waals surface area (Å²) in [6.07, 6.45) is 2.25. The van der Waals surface area contributed by atoms with Crippen molar-refractivity contribution in [1.29, 1.82) is 0 Å². The Kier molecular flexibility index (Phi) is 5.58. The lowest BCUT2D eigenvalue weighted by Gasteiger charge is -2.36. The molecule has 0 aromatic carbocycles. The fourth-order valence-electron chi connectivity index (χ4n) is 2.78. The molecule has 1 heterocycles. The molecule has 2 aliphatic rings. The second-order valence-electron chi connectivity index (χ2n) is 6.00. The lowest BCUT2D eigenvalue weighted by Crippen LogP contribution is -2.51. The predicted molar refractivity (Wildman–Crippen MR) is 77.8 cm³/mol. The molecule has 0 aromatic heterocycles. The second kappa shape index (κ2) is 7.22. The number of morpholine rings is 1. The predicted octanol–water partition coefficient (Wildman–Crippen LogP) is 0.650. The van der Waals surface area contributed by atoms with Gasteiger partial charge in [0.25, 0.3) is 0 Å². The molecule has 0 spiro atoms. The number of nitrogens with zero attached hydrogens (tertiary/aromatic N) is 2. The third kappa shape index (κ3) is 4.97. The van der Waals surface area contributed by atoms with Crippen LogP contribution in [0, 0.1) is 0 Å². The maximum atomic E-state index is 12.4. The van der Waals surface area contributed by atoms with Gasteiger partial charge in [-0.3, -0.25) is 14.5 Å². The summed E-state index contributed by atoms with van der Waals surface area (Å²) in [5.41, 5.74) is 0. The van der Waals surface area contributed by atoms with Crippen LogP contribution in [0.15, 0.2) is 0 Å². The Morgan fingerprint density at radius 3 is 2.33 bits per heavy atom. The monoisotopic (exact) mass is 298 g/mol. The molecule has 1 saturated heterocycles. The Balaban J connectivity index is 1.87. The highest BCUT2D eigenvalue weighted by Crippen LogP contribution is 2.26. The summed E-state index contributed by atoms with van der Waals surface area (Å²) in [4.78, 5) is 27.9. The molecule has 2 atom stereocenters. The third-order valence-corrected chi connectivity index (χ3v) is 3.81. The van der Waals surface area contributed by atoms with Crippen molar-refractivity contribution in [2.45, 2.75) is 51.9 Å². The number of hydrogen-bond donors (Lipinski definition) is 0. The molecule has 6 nitrogen and oxygen atoms in total. The van der Waals surface area contributed by atoms with Gasteiger partial charge in [0.15, 0.2) is 0 Å². The van der Waals surface area contributed by atoms with E-state index >= 15 is 0 Å². The quantitative estimate of drug-likeness (QED) is 0.674. The fourth-order valence-corrected chi connectivity index (χ4v) is 2.78. The van der Waals surface area contributed by atoms with Gasteiger partial charge in [0.2, 0.25) is 5.91 Å². The number of esters is 1. The van der Waals surface area contributed by atoms with E-state index in [1.54, 1.807) is 6.92 Å². The van der Waals surface area contributed by atoms with Crippen molar-refractivity contribution in [1.82, 2.24) is 9.80 Å². The maximum absolute atomic E-state index is 12.4. The summed E-state index contributed by atoms with van der Waals surface area (Å²) in [5, 5.41) is 0. The van der Waals surface area contributed by atoms with Gasteiger partial charge >= 0.3 is 5.97 Å². The SMILES string of the molecule is CCOC(=O)CN(CC(=O)N1CC(C)OC(C)C1)C1CC1. The first kappa shape index (κ1) is 16.2. The molecule has 1 aliphatic carbocycles. The van der Waals surface area contributed by atoms with Crippen LogP contribution in [-0.2, 0) is 19.1 Å². The van der Waals surface area contributed by atoms with E-state index in [4.69, 9.17) is 9.47 Å². The number of amides is 1. The normalized spacial score (nSPS) is 26.0. The van der Waals surface area contributed by atoms with E-state index in [9.17, 15) is 9.59 Å². The Morgan fingerprint density at radius 2 is 1.81 bits per heavy atom. The van der Waals surface area contributed by atoms with Crippen LogP contribution in [0.2, 0.25) is 0 Å². The summed E-state index contributed by atoms with van der Waals surface area (Å²) in [7, 11) is 0. The van der Waals surface area contributed by atoms with Gasteiger partial charge in [-0.25, -0.2) is 0 Å². The van der Waals surface area contributed by atoms with E-state index in [-0.39, 0.29) is 30.6 Å². The average molecular weight is 298 g/mol. The van der Waals surface area contributed by atoms with Crippen molar-refractivity contribution in [3.63, 3.8) is 0 Å². The zero-order valence-corrected chi connectivity index (χ0v) is 13.2. The molecule has 120 valence electrons. The first-order valence-electron chi connectivity index (χ1n) is 7.82. The Hall–Kier alpha value is -1.14. The molecule has 1 saturated carbocycles. The topological polar surface area (TPSA) is 59.1 Å². The van der Waals surface area contributed by atoms with Gasteiger partial charge < -0.3 is 14.4 Å². The molecule has 2 unspecified atom stereocenters. The van der Waals surface area contributed by atoms with E-state index < -0.39 is 0 Å². The molecule has 21 heavy (non-hydrogen) atoms. The summed E-state index contributed by atoms with van der Waals surface area (Å²) in [6, 6.07) is 0.356. The summed E-state index contributed by atoms with van der Waals surface area (Å²) in [5.74, 6) is -0.172. The third-order valence-electron chi connectivity index (χ3n) is 3.81. The minimum absolute atomic E-state index is 0.0668. The highest BCUT2D eigenvalue weighted by atomic mass is 16.5. The van der Waals surface area contributed by atoms with Gasteiger partial charge in [-0.2, -0.15) is 0 Å². The highest BCUT2D eigenvalue weighted by molar-refractivity contribution is 5.79. The van der Waals surface area contributed by atoms with E-state index in [0.29, 0.717) is 32.3 Å². The minimum atomic E-state index is -0.249. The van der Waals surface area contributed by atoms with Gasteiger partial charge in [-0.1, -0.05) is 0 Å². The first-order chi connectivity index (χ1) is 9.99. The molecule has 1 aliphatic heterocycles. The standard InChI is InChI=1S/C15H26N2O4/c1-4-20-15(19)10-16(13-5-6-13)9-14(18)17-7-11(2)21-12(3)8-17/h11-13H,4-10H2,1-3H3. The number of ether oxygens (including phenoxy) is 2. The molecule has 0 bridgehead atoms. The molecular weight excluding hydrogens is 272 g/mol. The van der Waals surface area contributed by atoms with Crippen LogP contribution < -0.4 is 0 Å². The van der Waals surface area contributed by atoms with Crippen LogP contribution in [0.1, 0.15) is 33.6 Å². The highest BCUT2D eigenvalue weighted by Gasteiger charge is 2.34. The van der Waals surface area contributed by atoms with Crippen molar-refractivity contribution in [2.75, 3.05) is 32.8 Å². The van der Waals surface area contributed by atoms with Gasteiger partial charge in [0.05, 0.1) is 31.9 Å². The minimum Gasteiger partial charge on any atom is -0.465 e. The molecular formula is C15H26N2O4. The molecule has 2 rings (SSSR count). The number of hydrogen-bond acceptors (Lipinski definition) is 5. The van der Waals surface area contributed by atoms with E-state index in [1.165, 1.54) is 0 Å². The van der Waals surface area contributed by atoms with Crippen molar-refractivity contribution in [2.24, 2.45) is 0 Å². The Bertz CT molecular complexity index is 374. The second-order valence-corrected chi connectivity index (χ2v) is 6.00. The molecule has 2 fully saturated rings. The smallest absolute Gasteiger partial charge is 0.320 e. The lowest BCUT2D eigenvalue weighted by atomic mass is 10.2. The van der Waals surface area contributed by atoms with Crippen LogP contribution in [0.25, 0.3) is 0 Å². The van der Waals surface area contributed by atoms with Crippen LogP contribution in [0.4, 0.5) is 0 Å². The molecule has 0 aromatic rings. The van der Waals surface area contributed by atoms with Gasteiger partial charge in [0, 0.05) is 19.1 Å². The Labute approximate surface area is 126 Å². The Morgan fingerprint density at radius 1 is 1.19 bits per heavy atom. The van der Waals surface area contributed by atoms with Crippen molar-refractivity contribution < 1.29 is 19.1 Å². The summed E-state index contributed by atoms with van der Waals surface area (Å²) < 4.78 is 10.6. The van der Waals surface area contributed by atoms with E-state index in [0.717, 1.165) is 12.8 Å².